The van der Waals surface area contributed by atoms with Crippen molar-refractivity contribution >= 4 is 23.4 Å². The molecule has 14 heteroatoms. The topological polar surface area (TPSA) is 134 Å². The van der Waals surface area contributed by atoms with Crippen molar-refractivity contribution in [2.45, 2.75) is 25.4 Å². The minimum absolute atomic E-state index is 0.0325. The van der Waals surface area contributed by atoms with E-state index in [-0.39, 0.29) is 24.0 Å². The van der Waals surface area contributed by atoms with Crippen molar-refractivity contribution in [1.29, 1.82) is 5.26 Å². The molecule has 0 spiro atoms. The second-order valence-electron chi connectivity index (χ2n) is 9.20. The lowest BCUT2D eigenvalue weighted by Crippen LogP contribution is -2.59. The molecule has 41 heavy (non-hydrogen) atoms. The largest absolute Gasteiger partial charge is 0.456 e. The van der Waals surface area contributed by atoms with Crippen LogP contribution >= 0.6 is 12.2 Å². The quantitative estimate of drug-likeness (QED) is 0.181. The van der Waals surface area contributed by atoms with Gasteiger partial charge in [0.15, 0.2) is 10.7 Å². The van der Waals surface area contributed by atoms with Crippen LogP contribution in [0.15, 0.2) is 60.8 Å². The van der Waals surface area contributed by atoms with Gasteiger partial charge in [0.2, 0.25) is 0 Å². The number of nitrogens with one attached hydrogen (secondary N) is 1. The summed E-state index contributed by atoms with van der Waals surface area (Å²) in [6.07, 6.45) is -0.186. The number of halogens is 4. The maximum atomic E-state index is 16.1. The summed E-state index contributed by atoms with van der Waals surface area (Å²) in [6.45, 7) is 2.18. The van der Waals surface area contributed by atoms with Gasteiger partial charge in [-0.2, -0.15) is 14.0 Å². The molecular weight excluding hydrogens is 566 g/mol. The first kappa shape index (κ1) is 31.1. The fourth-order valence-electron chi connectivity index (χ4n) is 3.54. The minimum Gasteiger partial charge on any atom is -0.456 e. The molecule has 0 saturated heterocycles. The van der Waals surface area contributed by atoms with Crippen molar-refractivity contribution in [2.75, 3.05) is 13.2 Å². The maximum Gasteiger partial charge on any atom is 0.426 e. The van der Waals surface area contributed by atoms with Crippen LogP contribution in [0.4, 0.5) is 22.4 Å². The molecule has 0 saturated carbocycles. The Balaban J connectivity index is 1.98. The first-order chi connectivity index (χ1) is 19.3. The van der Waals surface area contributed by atoms with Crippen LogP contribution in [0.1, 0.15) is 30.7 Å². The number of aliphatic hydroxyl groups is 1. The molecule has 9 nitrogen and oxygen atoms in total. The number of hydrogen-bond donors (Lipinski definition) is 3. The number of nitriles is 1. The molecule has 3 aromatic rings. The van der Waals surface area contributed by atoms with Crippen LogP contribution in [0.25, 0.3) is 0 Å². The molecule has 1 amide bonds. The molecule has 0 fully saturated rings. The van der Waals surface area contributed by atoms with E-state index >= 15 is 8.78 Å². The molecule has 1 aromatic heterocycles. The first-order valence-corrected chi connectivity index (χ1v) is 12.4. The molecule has 1 atom stereocenters. The summed E-state index contributed by atoms with van der Waals surface area (Å²) in [6, 6.07) is 11.5. The summed E-state index contributed by atoms with van der Waals surface area (Å²) < 4.78 is 71.3. The van der Waals surface area contributed by atoms with E-state index in [1.807, 2.05) is 6.07 Å². The average molecular weight is 592 g/mol. The van der Waals surface area contributed by atoms with Gasteiger partial charge in [0.05, 0.1) is 31.0 Å². The lowest BCUT2D eigenvalue weighted by Gasteiger charge is -2.39. The smallest absolute Gasteiger partial charge is 0.426 e. The van der Waals surface area contributed by atoms with Crippen molar-refractivity contribution in [2.24, 2.45) is 11.7 Å². The van der Waals surface area contributed by atoms with Crippen LogP contribution in [0, 0.1) is 28.9 Å². The number of carbonyl (C=O) groups excluding carboxylic acids is 1. The third-order valence-electron chi connectivity index (χ3n) is 5.60. The highest BCUT2D eigenvalue weighted by Gasteiger charge is 2.58. The highest BCUT2D eigenvalue weighted by Crippen LogP contribution is 2.46. The average Bonchev–Trinajstić information content (AvgIpc) is 2.92. The number of carbonyl (C=O) groups is 1. The first-order valence-electron chi connectivity index (χ1n) is 12.0. The number of alkyl halides is 2. The summed E-state index contributed by atoms with van der Waals surface area (Å²) >= 11 is 4.85. The van der Waals surface area contributed by atoms with E-state index in [4.69, 9.17) is 32.7 Å². The van der Waals surface area contributed by atoms with Crippen LogP contribution in [-0.2, 0) is 16.3 Å². The van der Waals surface area contributed by atoms with Gasteiger partial charge < -0.3 is 20.3 Å². The fraction of sp³-hybridized carbons (Fsp3) is 0.259. The van der Waals surface area contributed by atoms with E-state index in [1.54, 1.807) is 13.8 Å². The van der Waals surface area contributed by atoms with Gasteiger partial charge >= 0.3 is 12.0 Å². The zero-order valence-corrected chi connectivity index (χ0v) is 22.6. The number of nitrogens with zero attached hydrogens (tertiary/aromatic N) is 3. The van der Waals surface area contributed by atoms with Crippen molar-refractivity contribution in [3.05, 3.63) is 89.2 Å². The van der Waals surface area contributed by atoms with E-state index in [0.29, 0.717) is 28.8 Å². The predicted octanol–water partition coefficient (Wildman–Crippen LogP) is 4.85. The number of rotatable bonds is 9. The molecule has 0 aliphatic carbocycles. The summed E-state index contributed by atoms with van der Waals surface area (Å²) in [5.74, 6) is -6.71. The highest BCUT2D eigenvalue weighted by atomic mass is 32.1. The molecule has 0 aliphatic rings. The number of benzene rings is 2. The predicted molar refractivity (Wildman–Crippen MR) is 142 cm³/mol. The Bertz CT molecular complexity index is 1440. The molecule has 2 aromatic carbocycles. The molecule has 1 unspecified atom stereocenters. The Morgan fingerprint density at radius 2 is 1.83 bits per heavy atom. The second-order valence-corrected chi connectivity index (χ2v) is 9.62. The molecule has 3 rings (SSSR count). The number of pyridine rings is 1. The van der Waals surface area contributed by atoms with Crippen molar-refractivity contribution < 1.29 is 36.9 Å². The van der Waals surface area contributed by atoms with Gasteiger partial charge in [0.1, 0.15) is 28.8 Å². The Kier molecular flexibility index (Phi) is 9.69. The third-order valence-corrected chi connectivity index (χ3v) is 5.82. The monoisotopic (exact) mass is 591 g/mol. The molecule has 4 N–H and O–H groups in total. The van der Waals surface area contributed by atoms with Crippen LogP contribution < -0.4 is 15.9 Å². The Morgan fingerprint density at radius 1 is 1.17 bits per heavy atom. The fourth-order valence-corrected chi connectivity index (χ4v) is 3.65. The molecular formula is C27H25F4N5O4S. The number of hydrogen-bond acceptors (Lipinski definition) is 7. The van der Waals surface area contributed by atoms with E-state index in [2.05, 4.69) is 10.4 Å². The Labute approximate surface area is 238 Å². The summed E-state index contributed by atoms with van der Waals surface area (Å²) in [7, 11) is 0. The maximum absolute atomic E-state index is 16.1. The van der Waals surface area contributed by atoms with Crippen LogP contribution in [0.3, 0.4) is 0 Å². The minimum atomic E-state index is -4.38. The number of amides is 1. The van der Waals surface area contributed by atoms with E-state index < -0.39 is 52.2 Å². The van der Waals surface area contributed by atoms with Crippen LogP contribution in [-0.4, -0.2) is 39.5 Å². The zero-order valence-electron chi connectivity index (χ0n) is 21.8. The molecule has 0 radical (unpaired) electrons. The number of ether oxygens (including phenoxy) is 2. The number of hydrazine groups is 1. The van der Waals surface area contributed by atoms with Gasteiger partial charge in [-0.3, -0.25) is 9.99 Å². The van der Waals surface area contributed by atoms with E-state index in [0.717, 1.165) is 18.3 Å². The molecule has 216 valence electrons. The molecule has 0 bridgehead atoms. The number of aromatic nitrogens is 1. The van der Waals surface area contributed by atoms with E-state index in [1.165, 1.54) is 24.3 Å². The number of nitrogens with two attached hydrogens (primary N) is 1. The van der Waals surface area contributed by atoms with Crippen molar-refractivity contribution in [1.82, 2.24) is 15.4 Å². The lowest BCUT2D eigenvalue weighted by molar-refractivity contribution is -0.205. The zero-order chi connectivity index (χ0) is 30.4. The Morgan fingerprint density at radius 3 is 2.37 bits per heavy atom. The van der Waals surface area contributed by atoms with Gasteiger partial charge in [-0.25, -0.2) is 19.0 Å². The summed E-state index contributed by atoms with van der Waals surface area (Å²) in [4.78, 5) is 15.9. The number of thiocarbonyl (C=S) groups is 1. The summed E-state index contributed by atoms with van der Waals surface area (Å²) in [5, 5.41) is 20.2. The van der Waals surface area contributed by atoms with Crippen LogP contribution in [0.5, 0.6) is 11.5 Å². The SMILES string of the molecule is CC(C)COC(=O)NN(CC(O)(c1ccc(F)cc1F)C(F)(F)c1ccc(Oc2ccc(C#N)cc2)cn1)C(N)=S. The summed E-state index contributed by atoms with van der Waals surface area (Å²) in [5.41, 5.74) is 2.48. The van der Waals surface area contributed by atoms with Gasteiger partial charge in [-0.1, -0.05) is 13.8 Å². The molecule has 1 heterocycles. The lowest BCUT2D eigenvalue weighted by atomic mass is 9.84. The normalized spacial score (nSPS) is 12.7. The van der Waals surface area contributed by atoms with Gasteiger partial charge in [-0.15, -0.1) is 0 Å². The van der Waals surface area contributed by atoms with Crippen LogP contribution in [0.2, 0.25) is 0 Å². The molecule has 0 aliphatic heterocycles. The van der Waals surface area contributed by atoms with Crippen molar-refractivity contribution in [3.63, 3.8) is 0 Å². The second kappa shape index (κ2) is 12.8. The van der Waals surface area contributed by atoms with Gasteiger partial charge in [-0.05, 0) is 66.7 Å². The highest BCUT2D eigenvalue weighted by molar-refractivity contribution is 7.80. The third kappa shape index (κ3) is 7.38. The van der Waals surface area contributed by atoms with E-state index in [9.17, 15) is 18.7 Å². The standard InChI is InChI=1S/C27H25F4N5O4S/c1-16(2)14-39-25(37)35-36(24(33)41)15-26(38,21-9-5-18(28)11-22(21)29)27(30,31)23-10-8-20(13-34-23)40-19-6-3-17(12-32)4-7-19/h3-11,13,16,38H,14-15H2,1-2H3,(H2,33,41)(H,35,37). The van der Waals surface area contributed by atoms with Crippen molar-refractivity contribution in [3.8, 4) is 17.6 Å². The van der Waals surface area contributed by atoms with Gasteiger partial charge in [0.25, 0.3) is 0 Å². The Hall–Kier alpha value is -4.48. The van der Waals surface area contributed by atoms with Gasteiger partial charge in [0, 0.05) is 11.6 Å².